The molecule has 0 bridgehead atoms. The number of hydrogen-bond acceptors (Lipinski definition) is 2. The summed E-state index contributed by atoms with van der Waals surface area (Å²) in [6.45, 7) is 2.14. The summed E-state index contributed by atoms with van der Waals surface area (Å²) < 4.78 is 0. The number of carboxylic acid groups (broad SMARTS) is 1. The molecule has 74 valence electrons. The lowest BCUT2D eigenvalue weighted by atomic mass is 10.1. The van der Waals surface area contributed by atoms with Crippen molar-refractivity contribution in [3.63, 3.8) is 0 Å². The predicted octanol–water partition coefficient (Wildman–Crippen LogP) is 0.623. The van der Waals surface area contributed by atoms with Crippen molar-refractivity contribution in [2.45, 2.75) is 26.2 Å². The number of rotatable bonds is 5. The fourth-order valence-electron chi connectivity index (χ4n) is 1.26. The SMILES string of the molecule is CC(C(=O)NCCC(=O)O)C1CC1. The Hall–Kier alpha value is -1.06. The molecule has 0 radical (unpaired) electrons. The summed E-state index contributed by atoms with van der Waals surface area (Å²) in [4.78, 5) is 21.4. The Morgan fingerprint density at radius 1 is 1.54 bits per heavy atom. The second-order valence-corrected chi connectivity index (χ2v) is 3.56. The van der Waals surface area contributed by atoms with E-state index in [4.69, 9.17) is 5.11 Å². The highest BCUT2D eigenvalue weighted by Gasteiger charge is 2.32. The van der Waals surface area contributed by atoms with Crippen LogP contribution in [0, 0.1) is 11.8 Å². The molecular formula is C9H15NO3. The summed E-state index contributed by atoms with van der Waals surface area (Å²) in [5.41, 5.74) is 0. The molecular weight excluding hydrogens is 170 g/mol. The molecule has 1 aliphatic carbocycles. The highest BCUT2D eigenvalue weighted by molar-refractivity contribution is 5.79. The fraction of sp³-hybridized carbons (Fsp3) is 0.778. The number of carbonyl (C=O) groups is 2. The number of aliphatic carboxylic acids is 1. The number of nitrogens with one attached hydrogen (secondary N) is 1. The zero-order chi connectivity index (χ0) is 9.84. The molecule has 4 heteroatoms. The normalized spacial score (nSPS) is 17.9. The third-order valence-electron chi connectivity index (χ3n) is 2.38. The second-order valence-electron chi connectivity index (χ2n) is 3.56. The van der Waals surface area contributed by atoms with Gasteiger partial charge in [0.25, 0.3) is 0 Å². The Labute approximate surface area is 77.3 Å². The molecule has 0 aromatic heterocycles. The first-order chi connectivity index (χ1) is 6.11. The van der Waals surface area contributed by atoms with E-state index in [1.54, 1.807) is 0 Å². The minimum Gasteiger partial charge on any atom is -0.481 e. The molecule has 0 saturated heterocycles. The maximum absolute atomic E-state index is 11.3. The monoisotopic (exact) mass is 185 g/mol. The zero-order valence-corrected chi connectivity index (χ0v) is 7.75. The van der Waals surface area contributed by atoms with Gasteiger partial charge in [-0.25, -0.2) is 0 Å². The average molecular weight is 185 g/mol. The number of carboxylic acids is 1. The van der Waals surface area contributed by atoms with Crippen LogP contribution in [-0.2, 0) is 9.59 Å². The lowest BCUT2D eigenvalue weighted by Gasteiger charge is -2.09. The van der Waals surface area contributed by atoms with Crippen LogP contribution in [0.25, 0.3) is 0 Å². The standard InChI is InChI=1S/C9H15NO3/c1-6(7-2-3-7)9(13)10-5-4-8(11)12/h6-7H,2-5H2,1H3,(H,10,13)(H,11,12). The molecule has 1 saturated carbocycles. The maximum Gasteiger partial charge on any atom is 0.305 e. The number of hydrogen-bond donors (Lipinski definition) is 2. The summed E-state index contributed by atoms with van der Waals surface area (Å²) in [5.74, 6) is -0.304. The van der Waals surface area contributed by atoms with Crippen LogP contribution in [0.1, 0.15) is 26.2 Å². The lowest BCUT2D eigenvalue weighted by molar-refractivity contribution is -0.137. The zero-order valence-electron chi connectivity index (χ0n) is 7.75. The second kappa shape index (κ2) is 4.25. The average Bonchev–Trinajstić information content (AvgIpc) is 2.84. The molecule has 1 fully saturated rings. The van der Waals surface area contributed by atoms with Crippen molar-refractivity contribution in [3.05, 3.63) is 0 Å². The number of carbonyl (C=O) groups excluding carboxylic acids is 1. The van der Waals surface area contributed by atoms with E-state index in [0.717, 1.165) is 12.8 Å². The van der Waals surface area contributed by atoms with Gasteiger partial charge in [-0.2, -0.15) is 0 Å². The maximum atomic E-state index is 11.3. The van der Waals surface area contributed by atoms with Crippen LogP contribution >= 0.6 is 0 Å². The summed E-state index contributed by atoms with van der Waals surface area (Å²) in [7, 11) is 0. The third-order valence-corrected chi connectivity index (χ3v) is 2.38. The van der Waals surface area contributed by atoms with Gasteiger partial charge in [0.15, 0.2) is 0 Å². The van der Waals surface area contributed by atoms with E-state index in [0.29, 0.717) is 5.92 Å². The van der Waals surface area contributed by atoms with Crippen LogP contribution in [0.15, 0.2) is 0 Å². The van der Waals surface area contributed by atoms with Crippen LogP contribution in [-0.4, -0.2) is 23.5 Å². The molecule has 1 unspecified atom stereocenters. The van der Waals surface area contributed by atoms with Crippen LogP contribution in [0.3, 0.4) is 0 Å². The Morgan fingerprint density at radius 3 is 2.62 bits per heavy atom. The molecule has 1 amide bonds. The largest absolute Gasteiger partial charge is 0.481 e. The quantitative estimate of drug-likeness (QED) is 0.660. The van der Waals surface area contributed by atoms with Crippen molar-refractivity contribution >= 4 is 11.9 Å². The van der Waals surface area contributed by atoms with Crippen LogP contribution in [0.5, 0.6) is 0 Å². The van der Waals surface area contributed by atoms with Gasteiger partial charge in [0, 0.05) is 12.5 Å². The van der Waals surface area contributed by atoms with Gasteiger partial charge in [0.1, 0.15) is 0 Å². The first kappa shape index (κ1) is 10.0. The van der Waals surface area contributed by atoms with Crippen molar-refractivity contribution in [2.75, 3.05) is 6.54 Å². The minimum atomic E-state index is -0.876. The van der Waals surface area contributed by atoms with Gasteiger partial charge in [-0.15, -0.1) is 0 Å². The van der Waals surface area contributed by atoms with Gasteiger partial charge in [-0.3, -0.25) is 9.59 Å². The third kappa shape index (κ3) is 3.44. The fourth-order valence-corrected chi connectivity index (χ4v) is 1.26. The summed E-state index contributed by atoms with van der Waals surface area (Å²) in [5, 5.41) is 11.0. The van der Waals surface area contributed by atoms with Crippen molar-refractivity contribution in [3.8, 4) is 0 Å². The van der Waals surface area contributed by atoms with E-state index in [-0.39, 0.29) is 24.8 Å². The van der Waals surface area contributed by atoms with Gasteiger partial charge in [-0.05, 0) is 18.8 Å². The van der Waals surface area contributed by atoms with Crippen LogP contribution < -0.4 is 5.32 Å². The Balaban J connectivity index is 2.13. The van der Waals surface area contributed by atoms with Gasteiger partial charge < -0.3 is 10.4 Å². The Morgan fingerprint density at radius 2 is 2.15 bits per heavy atom. The van der Waals surface area contributed by atoms with Crippen molar-refractivity contribution in [2.24, 2.45) is 11.8 Å². The molecule has 13 heavy (non-hydrogen) atoms. The topological polar surface area (TPSA) is 66.4 Å². The van der Waals surface area contributed by atoms with Crippen molar-refractivity contribution in [1.29, 1.82) is 0 Å². The highest BCUT2D eigenvalue weighted by atomic mass is 16.4. The summed E-state index contributed by atoms with van der Waals surface area (Å²) >= 11 is 0. The van der Waals surface area contributed by atoms with E-state index in [1.165, 1.54) is 0 Å². The first-order valence-electron chi connectivity index (χ1n) is 4.60. The van der Waals surface area contributed by atoms with Gasteiger partial charge >= 0.3 is 5.97 Å². The molecule has 0 heterocycles. The predicted molar refractivity (Wildman–Crippen MR) is 47.2 cm³/mol. The van der Waals surface area contributed by atoms with Crippen molar-refractivity contribution < 1.29 is 14.7 Å². The molecule has 4 nitrogen and oxygen atoms in total. The van der Waals surface area contributed by atoms with Gasteiger partial charge in [0.2, 0.25) is 5.91 Å². The molecule has 0 spiro atoms. The van der Waals surface area contributed by atoms with E-state index in [2.05, 4.69) is 5.32 Å². The molecule has 2 N–H and O–H groups in total. The van der Waals surface area contributed by atoms with Crippen LogP contribution in [0.2, 0.25) is 0 Å². The molecule has 0 aromatic rings. The molecule has 1 rings (SSSR count). The molecule has 0 aromatic carbocycles. The minimum absolute atomic E-state index is 0.00310. The summed E-state index contributed by atoms with van der Waals surface area (Å²) in [6, 6.07) is 0. The van der Waals surface area contributed by atoms with E-state index < -0.39 is 5.97 Å². The lowest BCUT2D eigenvalue weighted by Crippen LogP contribution is -2.31. The van der Waals surface area contributed by atoms with E-state index in [1.807, 2.05) is 6.92 Å². The first-order valence-corrected chi connectivity index (χ1v) is 4.60. The van der Waals surface area contributed by atoms with E-state index in [9.17, 15) is 9.59 Å². The van der Waals surface area contributed by atoms with Crippen molar-refractivity contribution in [1.82, 2.24) is 5.32 Å². The summed E-state index contributed by atoms with van der Waals surface area (Å²) in [6.07, 6.45) is 2.27. The molecule has 0 aliphatic heterocycles. The van der Waals surface area contributed by atoms with Crippen LogP contribution in [0.4, 0.5) is 0 Å². The van der Waals surface area contributed by atoms with Gasteiger partial charge in [-0.1, -0.05) is 6.92 Å². The van der Waals surface area contributed by atoms with Gasteiger partial charge in [0.05, 0.1) is 6.42 Å². The van der Waals surface area contributed by atoms with E-state index >= 15 is 0 Å². The molecule has 1 aliphatic rings. The molecule has 1 atom stereocenters. The smallest absolute Gasteiger partial charge is 0.305 e. The Bertz CT molecular complexity index is 211. The highest BCUT2D eigenvalue weighted by Crippen LogP contribution is 2.36. The number of amides is 1. The Kier molecular flexibility index (Phi) is 3.28.